The van der Waals surface area contributed by atoms with Crippen LogP contribution in [0.3, 0.4) is 0 Å². The van der Waals surface area contributed by atoms with Gasteiger partial charge >= 0.3 is 11.9 Å². The van der Waals surface area contributed by atoms with Crippen LogP contribution in [0, 0.1) is 0 Å². The molecule has 8 nitrogen and oxygen atoms in total. The minimum Gasteiger partial charge on any atom is -0.463 e. The fourth-order valence-corrected chi connectivity index (χ4v) is 1.04. The molecule has 0 saturated heterocycles. The normalized spacial score (nSPS) is 12.6. The Morgan fingerprint density at radius 3 is 1.36 bits per heavy atom. The second-order valence-corrected chi connectivity index (χ2v) is 4.54. The molecule has 0 aliphatic carbocycles. The summed E-state index contributed by atoms with van der Waals surface area (Å²) in [6.45, 7) is 2.75. The summed E-state index contributed by atoms with van der Waals surface area (Å²) < 4.78 is 9.17. The Morgan fingerprint density at radius 1 is 0.818 bits per heavy atom. The van der Waals surface area contributed by atoms with Crippen molar-refractivity contribution in [2.75, 3.05) is 26.4 Å². The van der Waals surface area contributed by atoms with E-state index in [9.17, 15) is 9.59 Å². The van der Waals surface area contributed by atoms with Crippen LogP contribution in [-0.4, -0.2) is 71.0 Å². The van der Waals surface area contributed by atoms with Crippen molar-refractivity contribution < 1.29 is 39.5 Å². The molecule has 0 bridgehead atoms. The van der Waals surface area contributed by atoms with Gasteiger partial charge in [0.2, 0.25) is 0 Å². The lowest BCUT2D eigenvalue weighted by Crippen LogP contribution is -2.21. The number of ether oxygens (including phenoxy) is 2. The van der Waals surface area contributed by atoms with Crippen molar-refractivity contribution in [2.45, 2.75) is 51.7 Å². The van der Waals surface area contributed by atoms with E-state index in [1.807, 2.05) is 13.8 Å². The molecule has 0 spiro atoms. The van der Waals surface area contributed by atoms with Gasteiger partial charge in [0.15, 0.2) is 0 Å². The maximum Gasteiger partial charge on any atom is 0.305 e. The minimum absolute atomic E-state index is 0.116. The molecule has 0 fully saturated rings. The van der Waals surface area contributed by atoms with Gasteiger partial charge in [0.05, 0.1) is 13.2 Å². The SMILES string of the molecule is CCCC(=O)OCC(O)CO.CCCC(=O)OCC(O)CO. The summed E-state index contributed by atoms with van der Waals surface area (Å²) >= 11 is 0. The summed E-state index contributed by atoms with van der Waals surface area (Å²) in [5, 5.41) is 34.2. The van der Waals surface area contributed by atoms with Crippen LogP contribution in [0.2, 0.25) is 0 Å². The number of rotatable bonds is 10. The lowest BCUT2D eigenvalue weighted by molar-refractivity contribution is -0.148. The number of hydrogen-bond donors (Lipinski definition) is 4. The van der Waals surface area contributed by atoms with Gasteiger partial charge in [-0.05, 0) is 12.8 Å². The Kier molecular flexibility index (Phi) is 16.9. The Balaban J connectivity index is 0. The van der Waals surface area contributed by atoms with Gasteiger partial charge in [-0.3, -0.25) is 9.59 Å². The second-order valence-electron chi connectivity index (χ2n) is 4.54. The molecule has 0 rings (SSSR count). The molecule has 4 N–H and O–H groups in total. The molecule has 2 atom stereocenters. The zero-order valence-corrected chi connectivity index (χ0v) is 13.2. The zero-order valence-electron chi connectivity index (χ0n) is 13.2. The third kappa shape index (κ3) is 16.8. The molecular formula is C14H28O8. The Hall–Kier alpha value is -1.22. The van der Waals surface area contributed by atoms with Gasteiger partial charge in [0.1, 0.15) is 25.4 Å². The lowest BCUT2D eigenvalue weighted by Gasteiger charge is -2.07. The van der Waals surface area contributed by atoms with E-state index in [4.69, 9.17) is 20.4 Å². The maximum atomic E-state index is 10.6. The van der Waals surface area contributed by atoms with E-state index < -0.39 is 12.2 Å². The van der Waals surface area contributed by atoms with E-state index in [1.54, 1.807) is 0 Å². The topological polar surface area (TPSA) is 134 Å². The number of carbonyl (C=O) groups excluding carboxylic acids is 2. The number of esters is 2. The van der Waals surface area contributed by atoms with E-state index in [-0.39, 0.29) is 38.4 Å². The van der Waals surface area contributed by atoms with Gasteiger partial charge in [-0.1, -0.05) is 13.8 Å². The molecule has 0 aromatic carbocycles. The molecule has 0 aliphatic rings. The van der Waals surface area contributed by atoms with Crippen LogP contribution in [0.1, 0.15) is 39.5 Å². The number of carbonyl (C=O) groups is 2. The van der Waals surface area contributed by atoms with Crippen LogP contribution in [0.25, 0.3) is 0 Å². The van der Waals surface area contributed by atoms with Gasteiger partial charge in [0, 0.05) is 12.8 Å². The van der Waals surface area contributed by atoms with Gasteiger partial charge in [-0.15, -0.1) is 0 Å². The van der Waals surface area contributed by atoms with Crippen molar-refractivity contribution in [3.8, 4) is 0 Å². The van der Waals surface area contributed by atoms with Crippen LogP contribution in [0.5, 0.6) is 0 Å². The monoisotopic (exact) mass is 324 g/mol. The van der Waals surface area contributed by atoms with Gasteiger partial charge in [-0.25, -0.2) is 0 Å². The molecule has 0 saturated carbocycles. The third-order valence-corrected chi connectivity index (χ3v) is 2.20. The van der Waals surface area contributed by atoms with Crippen molar-refractivity contribution in [3.05, 3.63) is 0 Å². The predicted molar refractivity (Wildman–Crippen MR) is 77.9 cm³/mol. The van der Waals surface area contributed by atoms with E-state index in [2.05, 4.69) is 9.47 Å². The first-order valence-electron chi connectivity index (χ1n) is 7.30. The molecule has 0 aliphatic heterocycles. The molecule has 22 heavy (non-hydrogen) atoms. The average molecular weight is 324 g/mol. The first kappa shape index (κ1) is 23.1. The summed E-state index contributed by atoms with van der Waals surface area (Å²) in [6, 6.07) is 0. The molecule has 2 unspecified atom stereocenters. The zero-order chi connectivity index (χ0) is 17.4. The van der Waals surface area contributed by atoms with Crippen molar-refractivity contribution >= 4 is 11.9 Å². The van der Waals surface area contributed by atoms with Gasteiger partial charge in [0.25, 0.3) is 0 Å². The molecule has 132 valence electrons. The van der Waals surface area contributed by atoms with Crippen molar-refractivity contribution in [1.82, 2.24) is 0 Å². The fourth-order valence-electron chi connectivity index (χ4n) is 1.04. The highest BCUT2D eigenvalue weighted by molar-refractivity contribution is 5.69. The van der Waals surface area contributed by atoms with Crippen molar-refractivity contribution in [3.63, 3.8) is 0 Å². The van der Waals surface area contributed by atoms with Crippen LogP contribution < -0.4 is 0 Å². The first-order chi connectivity index (χ1) is 10.4. The third-order valence-electron chi connectivity index (χ3n) is 2.20. The first-order valence-corrected chi connectivity index (χ1v) is 7.30. The minimum atomic E-state index is -0.948. The Bertz CT molecular complexity index is 254. The van der Waals surface area contributed by atoms with E-state index >= 15 is 0 Å². The molecule has 0 heterocycles. The van der Waals surface area contributed by atoms with E-state index in [1.165, 1.54) is 0 Å². The van der Waals surface area contributed by atoms with Crippen molar-refractivity contribution in [1.29, 1.82) is 0 Å². The molecule has 0 radical (unpaired) electrons. The summed E-state index contributed by atoms with van der Waals surface area (Å²) in [5.41, 5.74) is 0. The highest BCUT2D eigenvalue weighted by Gasteiger charge is 2.06. The van der Waals surface area contributed by atoms with Gasteiger partial charge < -0.3 is 29.9 Å². The smallest absolute Gasteiger partial charge is 0.305 e. The van der Waals surface area contributed by atoms with E-state index in [0.717, 1.165) is 12.8 Å². The van der Waals surface area contributed by atoms with Crippen LogP contribution >= 0.6 is 0 Å². The van der Waals surface area contributed by atoms with Crippen LogP contribution in [0.15, 0.2) is 0 Å². The molecular weight excluding hydrogens is 296 g/mol. The summed E-state index contributed by atoms with van der Waals surface area (Å²) in [4.78, 5) is 21.3. The molecule has 0 amide bonds. The van der Waals surface area contributed by atoms with Crippen molar-refractivity contribution in [2.24, 2.45) is 0 Å². The lowest BCUT2D eigenvalue weighted by atomic mass is 10.3. The standard InChI is InChI=1S/2C7H14O4/c2*1-2-3-7(10)11-5-6(9)4-8/h2*6,8-9H,2-5H2,1H3. The summed E-state index contributed by atoms with van der Waals surface area (Å²) in [6.07, 6.45) is 0.282. The summed E-state index contributed by atoms with van der Waals surface area (Å²) in [7, 11) is 0. The quantitative estimate of drug-likeness (QED) is 0.390. The maximum absolute atomic E-state index is 10.6. The fraction of sp³-hybridized carbons (Fsp3) is 0.857. The number of aliphatic hydroxyl groups excluding tert-OH is 4. The van der Waals surface area contributed by atoms with Gasteiger partial charge in [-0.2, -0.15) is 0 Å². The predicted octanol–water partition coefficient (Wildman–Crippen LogP) is -0.634. The van der Waals surface area contributed by atoms with Crippen LogP contribution in [-0.2, 0) is 19.1 Å². The number of aliphatic hydroxyl groups is 4. The highest BCUT2D eigenvalue weighted by atomic mass is 16.5. The second kappa shape index (κ2) is 16.2. The summed E-state index contributed by atoms with van der Waals surface area (Å²) in [5.74, 6) is -0.667. The van der Waals surface area contributed by atoms with E-state index in [0.29, 0.717) is 12.8 Å². The highest BCUT2D eigenvalue weighted by Crippen LogP contribution is 1.93. The molecule has 0 aromatic rings. The molecule has 0 aromatic heterocycles. The Morgan fingerprint density at radius 2 is 1.14 bits per heavy atom. The largest absolute Gasteiger partial charge is 0.463 e. The molecule has 8 heteroatoms. The van der Waals surface area contributed by atoms with Crippen LogP contribution in [0.4, 0.5) is 0 Å². The Labute approximate surface area is 130 Å². The number of hydrogen-bond acceptors (Lipinski definition) is 8. The average Bonchev–Trinajstić information content (AvgIpc) is 2.51.